The standard InChI is InChI=1S/C19H22N4O5/c1-21(2)16-9-8-13(10-17(16)23(26)27)19(25)22(3)12-18(24)20-14-6-5-7-15(11-14)28-4/h5-11H,12H2,1-4H3,(H,20,24). The minimum Gasteiger partial charge on any atom is -0.497 e. The number of likely N-dealkylation sites (N-methyl/N-ethyl adjacent to an activating group) is 1. The van der Waals surface area contributed by atoms with E-state index in [1.165, 1.54) is 37.3 Å². The molecular weight excluding hydrogens is 364 g/mol. The summed E-state index contributed by atoms with van der Waals surface area (Å²) in [5.74, 6) is -0.298. The van der Waals surface area contributed by atoms with E-state index in [1.54, 1.807) is 43.3 Å². The topological polar surface area (TPSA) is 105 Å². The van der Waals surface area contributed by atoms with Crippen molar-refractivity contribution in [3.8, 4) is 5.75 Å². The zero-order valence-electron chi connectivity index (χ0n) is 16.1. The van der Waals surface area contributed by atoms with Crippen molar-refractivity contribution in [2.24, 2.45) is 0 Å². The Kier molecular flexibility index (Phi) is 6.54. The number of nitrogens with zero attached hydrogens (tertiary/aromatic N) is 3. The lowest BCUT2D eigenvalue weighted by Gasteiger charge is -2.18. The van der Waals surface area contributed by atoms with Gasteiger partial charge in [0.25, 0.3) is 11.6 Å². The van der Waals surface area contributed by atoms with Crippen LogP contribution in [0.5, 0.6) is 5.75 Å². The normalized spacial score (nSPS) is 10.1. The summed E-state index contributed by atoms with van der Waals surface area (Å²) < 4.78 is 5.10. The molecule has 2 amide bonds. The predicted octanol–water partition coefficient (Wildman–Crippen LogP) is 2.38. The number of ether oxygens (including phenoxy) is 1. The van der Waals surface area contributed by atoms with E-state index in [2.05, 4.69) is 5.32 Å². The Morgan fingerprint density at radius 1 is 1.14 bits per heavy atom. The van der Waals surface area contributed by atoms with Gasteiger partial charge in [-0.25, -0.2) is 0 Å². The van der Waals surface area contributed by atoms with Crippen molar-refractivity contribution in [2.45, 2.75) is 0 Å². The van der Waals surface area contributed by atoms with E-state index < -0.39 is 16.7 Å². The second-order valence-electron chi connectivity index (χ2n) is 6.30. The highest BCUT2D eigenvalue weighted by Crippen LogP contribution is 2.28. The maximum atomic E-state index is 12.6. The van der Waals surface area contributed by atoms with Gasteiger partial charge in [0.2, 0.25) is 5.91 Å². The Hall–Kier alpha value is -3.62. The second kappa shape index (κ2) is 8.85. The van der Waals surface area contributed by atoms with E-state index in [0.29, 0.717) is 17.1 Å². The van der Waals surface area contributed by atoms with Crippen LogP contribution in [0.3, 0.4) is 0 Å². The van der Waals surface area contributed by atoms with Gasteiger partial charge in [0.05, 0.1) is 18.6 Å². The van der Waals surface area contributed by atoms with E-state index in [9.17, 15) is 19.7 Å². The molecule has 0 heterocycles. The van der Waals surface area contributed by atoms with Gasteiger partial charge in [-0.2, -0.15) is 0 Å². The van der Waals surface area contributed by atoms with Crippen molar-refractivity contribution in [1.82, 2.24) is 4.90 Å². The molecule has 0 spiro atoms. The number of hydrogen-bond donors (Lipinski definition) is 1. The molecule has 0 radical (unpaired) electrons. The number of rotatable bonds is 7. The average Bonchev–Trinajstić information content (AvgIpc) is 2.66. The summed E-state index contributed by atoms with van der Waals surface area (Å²) in [6, 6.07) is 11.1. The minimum atomic E-state index is -0.540. The highest BCUT2D eigenvalue weighted by atomic mass is 16.6. The van der Waals surface area contributed by atoms with Crippen LogP contribution < -0.4 is 15.0 Å². The van der Waals surface area contributed by atoms with Crippen molar-refractivity contribution in [3.05, 3.63) is 58.1 Å². The maximum absolute atomic E-state index is 12.6. The van der Waals surface area contributed by atoms with E-state index in [0.717, 1.165) is 0 Å². The Balaban J connectivity index is 2.10. The fourth-order valence-electron chi connectivity index (χ4n) is 2.59. The fraction of sp³-hybridized carbons (Fsp3) is 0.263. The van der Waals surface area contributed by atoms with Gasteiger partial charge in [-0.15, -0.1) is 0 Å². The maximum Gasteiger partial charge on any atom is 0.293 e. The molecule has 2 aromatic carbocycles. The number of benzene rings is 2. The average molecular weight is 386 g/mol. The number of carbonyl (C=O) groups is 2. The first-order valence-corrected chi connectivity index (χ1v) is 8.38. The van der Waals surface area contributed by atoms with Crippen LogP contribution in [0.2, 0.25) is 0 Å². The van der Waals surface area contributed by atoms with Gasteiger partial charge in [0.15, 0.2) is 0 Å². The SMILES string of the molecule is COc1cccc(NC(=O)CN(C)C(=O)c2ccc(N(C)C)c([N+](=O)[O-])c2)c1. The van der Waals surface area contributed by atoms with Crippen molar-refractivity contribution >= 4 is 28.9 Å². The first-order valence-electron chi connectivity index (χ1n) is 8.38. The highest BCUT2D eigenvalue weighted by molar-refractivity contribution is 6.00. The summed E-state index contributed by atoms with van der Waals surface area (Å²) in [6.45, 7) is -0.209. The molecule has 0 saturated heterocycles. The number of nitro groups is 1. The van der Waals surface area contributed by atoms with Gasteiger partial charge < -0.3 is 19.9 Å². The minimum absolute atomic E-state index is 0.133. The van der Waals surface area contributed by atoms with Crippen LogP contribution in [-0.2, 0) is 4.79 Å². The van der Waals surface area contributed by atoms with E-state index >= 15 is 0 Å². The van der Waals surface area contributed by atoms with Crippen molar-refractivity contribution in [3.63, 3.8) is 0 Å². The molecule has 0 unspecified atom stereocenters. The van der Waals surface area contributed by atoms with Gasteiger partial charge in [-0.1, -0.05) is 6.07 Å². The molecule has 2 rings (SSSR count). The van der Waals surface area contributed by atoms with Gasteiger partial charge in [0.1, 0.15) is 11.4 Å². The molecule has 0 bridgehead atoms. The van der Waals surface area contributed by atoms with Crippen LogP contribution in [0.4, 0.5) is 17.1 Å². The van der Waals surface area contributed by atoms with Crippen LogP contribution >= 0.6 is 0 Å². The number of hydrogen-bond acceptors (Lipinski definition) is 6. The summed E-state index contributed by atoms with van der Waals surface area (Å²) >= 11 is 0. The number of nitro benzene ring substituents is 1. The predicted molar refractivity (Wildman–Crippen MR) is 106 cm³/mol. The summed E-state index contributed by atoms with van der Waals surface area (Å²) in [5, 5.41) is 14.0. The third kappa shape index (κ3) is 4.97. The summed E-state index contributed by atoms with van der Waals surface area (Å²) in [6.07, 6.45) is 0. The first kappa shape index (κ1) is 20.7. The number of methoxy groups -OCH3 is 1. The summed E-state index contributed by atoms with van der Waals surface area (Å²) in [5.41, 5.74) is 0.884. The number of carbonyl (C=O) groups excluding carboxylic acids is 2. The molecule has 0 fully saturated rings. The lowest BCUT2D eigenvalue weighted by atomic mass is 10.1. The molecule has 0 aliphatic heterocycles. The third-order valence-electron chi connectivity index (χ3n) is 3.98. The van der Waals surface area contributed by atoms with E-state index in [1.807, 2.05) is 0 Å². The monoisotopic (exact) mass is 386 g/mol. The summed E-state index contributed by atoms with van der Waals surface area (Å²) in [4.78, 5) is 38.3. The molecule has 28 heavy (non-hydrogen) atoms. The first-order chi connectivity index (χ1) is 13.2. The van der Waals surface area contributed by atoms with Crippen LogP contribution in [0.25, 0.3) is 0 Å². The molecule has 0 aliphatic carbocycles. The molecular formula is C19H22N4O5. The van der Waals surface area contributed by atoms with Crippen molar-refractivity contribution < 1.29 is 19.2 Å². The Morgan fingerprint density at radius 2 is 1.86 bits per heavy atom. The number of nitrogens with one attached hydrogen (secondary N) is 1. The largest absolute Gasteiger partial charge is 0.497 e. The molecule has 0 aliphatic rings. The van der Waals surface area contributed by atoms with Gasteiger partial charge in [-0.3, -0.25) is 19.7 Å². The molecule has 9 nitrogen and oxygen atoms in total. The molecule has 148 valence electrons. The van der Waals surface area contributed by atoms with Gasteiger partial charge in [-0.05, 0) is 24.3 Å². The van der Waals surface area contributed by atoms with Crippen LogP contribution in [0.1, 0.15) is 10.4 Å². The fourth-order valence-corrected chi connectivity index (χ4v) is 2.59. The zero-order chi connectivity index (χ0) is 20.8. The second-order valence-corrected chi connectivity index (χ2v) is 6.30. The van der Waals surface area contributed by atoms with Gasteiger partial charge >= 0.3 is 0 Å². The number of amides is 2. The third-order valence-corrected chi connectivity index (χ3v) is 3.98. The molecule has 1 N–H and O–H groups in total. The smallest absolute Gasteiger partial charge is 0.293 e. The Labute approximate surface area is 162 Å². The molecule has 9 heteroatoms. The van der Waals surface area contributed by atoms with Crippen molar-refractivity contribution in [2.75, 3.05) is 45.0 Å². The summed E-state index contributed by atoms with van der Waals surface area (Å²) in [7, 11) is 6.34. The van der Waals surface area contributed by atoms with Crippen LogP contribution in [0.15, 0.2) is 42.5 Å². The van der Waals surface area contributed by atoms with Crippen molar-refractivity contribution in [1.29, 1.82) is 0 Å². The number of anilines is 2. The molecule has 0 saturated carbocycles. The highest BCUT2D eigenvalue weighted by Gasteiger charge is 2.21. The molecule has 0 aromatic heterocycles. The quantitative estimate of drug-likeness (QED) is 0.579. The zero-order valence-corrected chi connectivity index (χ0v) is 16.1. The lowest BCUT2D eigenvalue weighted by Crippen LogP contribution is -2.35. The lowest BCUT2D eigenvalue weighted by molar-refractivity contribution is -0.384. The molecule has 0 atom stereocenters. The Bertz CT molecular complexity index is 898. The Morgan fingerprint density at radius 3 is 2.46 bits per heavy atom. The molecule has 2 aromatic rings. The van der Waals surface area contributed by atoms with Gasteiger partial charge in [0, 0.05) is 44.5 Å². The van der Waals surface area contributed by atoms with E-state index in [-0.39, 0.29) is 17.8 Å². The van der Waals surface area contributed by atoms with E-state index in [4.69, 9.17) is 4.74 Å². The van der Waals surface area contributed by atoms with Crippen LogP contribution in [0, 0.1) is 10.1 Å². The van der Waals surface area contributed by atoms with Crippen LogP contribution in [-0.4, -0.2) is 56.4 Å².